The molecule has 2 N–H and O–H groups in total. The third-order valence-corrected chi connectivity index (χ3v) is 7.53. The molecule has 0 spiro atoms. The van der Waals surface area contributed by atoms with Gasteiger partial charge in [0.05, 0.1) is 22.2 Å². The summed E-state index contributed by atoms with van der Waals surface area (Å²) in [4.78, 5) is 6.84. The zero-order valence-electron chi connectivity index (χ0n) is 16.9. The van der Waals surface area contributed by atoms with Crippen molar-refractivity contribution in [2.75, 3.05) is 18.8 Å². The van der Waals surface area contributed by atoms with Crippen molar-refractivity contribution < 1.29 is 17.6 Å². The summed E-state index contributed by atoms with van der Waals surface area (Å²) in [5.74, 6) is 0.915. The van der Waals surface area contributed by atoms with Crippen molar-refractivity contribution in [1.82, 2.24) is 9.88 Å². The molecule has 1 saturated heterocycles. The summed E-state index contributed by atoms with van der Waals surface area (Å²) < 4.78 is 35.5. The summed E-state index contributed by atoms with van der Waals surface area (Å²) in [6, 6.07) is 13.8. The summed E-state index contributed by atoms with van der Waals surface area (Å²) in [6.07, 6.45) is 3.47. The number of rotatable bonds is 6. The number of aromatic nitrogens is 1. The van der Waals surface area contributed by atoms with Gasteiger partial charge in [0, 0.05) is 23.6 Å². The number of thiazole rings is 1. The van der Waals surface area contributed by atoms with Gasteiger partial charge in [-0.25, -0.2) is 18.5 Å². The first kappa shape index (κ1) is 20.4. The maximum atomic E-state index is 11.3. The largest absolute Gasteiger partial charge is 0.464 e. The summed E-state index contributed by atoms with van der Waals surface area (Å²) in [7, 11) is -3.40. The zero-order valence-corrected chi connectivity index (χ0v) is 18.5. The Labute approximate surface area is 184 Å². The van der Waals surface area contributed by atoms with Gasteiger partial charge >= 0.3 is 0 Å². The average molecular weight is 458 g/mol. The van der Waals surface area contributed by atoms with E-state index in [4.69, 9.17) is 14.3 Å². The molecule has 0 atom stereocenters. The first-order valence-corrected chi connectivity index (χ1v) is 12.7. The molecule has 162 valence electrons. The quantitative estimate of drug-likeness (QED) is 0.463. The molecule has 2 aromatic heterocycles. The number of para-hydroxylation sites is 1. The van der Waals surface area contributed by atoms with Crippen LogP contribution < -0.4 is 9.88 Å². The standard InChI is InChI=1S/C22H23N3O4S2/c23-31(26,27)14-15-7-9-25(10-8-15)12-16-13-28-20-11-17(5-6-18(16)20)29-22-24-19-3-1-2-4-21(19)30-22/h1-6,11,13,15H,7-10,12,14H2,(H2,23,26,27). The van der Waals surface area contributed by atoms with Crippen LogP contribution in [0, 0.1) is 5.92 Å². The minimum atomic E-state index is -3.40. The molecule has 2 aromatic carbocycles. The third-order valence-electron chi connectivity index (χ3n) is 5.68. The molecular weight excluding hydrogens is 434 g/mol. The van der Waals surface area contributed by atoms with Gasteiger partial charge in [0.25, 0.3) is 5.19 Å². The van der Waals surface area contributed by atoms with Gasteiger partial charge in [0.15, 0.2) is 0 Å². The van der Waals surface area contributed by atoms with Crippen LogP contribution in [0.4, 0.5) is 0 Å². The van der Waals surface area contributed by atoms with E-state index in [2.05, 4.69) is 9.88 Å². The minimum Gasteiger partial charge on any atom is -0.464 e. The van der Waals surface area contributed by atoms with Crippen LogP contribution in [0.2, 0.25) is 0 Å². The number of likely N-dealkylation sites (tertiary alicyclic amines) is 1. The number of piperidine rings is 1. The van der Waals surface area contributed by atoms with Crippen molar-refractivity contribution >= 4 is 42.5 Å². The fourth-order valence-electron chi connectivity index (χ4n) is 4.13. The molecule has 1 aliphatic rings. The molecule has 0 bridgehead atoms. The van der Waals surface area contributed by atoms with Gasteiger partial charge in [0.1, 0.15) is 11.3 Å². The van der Waals surface area contributed by atoms with Crippen LogP contribution in [0.5, 0.6) is 10.9 Å². The monoisotopic (exact) mass is 457 g/mol. The molecule has 0 aliphatic carbocycles. The van der Waals surface area contributed by atoms with Crippen LogP contribution in [0.15, 0.2) is 53.1 Å². The Bertz CT molecular complexity index is 1290. The van der Waals surface area contributed by atoms with Gasteiger partial charge in [-0.15, -0.1) is 0 Å². The average Bonchev–Trinajstić information content (AvgIpc) is 3.31. The van der Waals surface area contributed by atoms with Crippen LogP contribution in [0.1, 0.15) is 18.4 Å². The number of nitrogens with zero attached hydrogens (tertiary/aromatic N) is 2. The number of fused-ring (bicyclic) bond motifs is 2. The third kappa shape index (κ3) is 4.74. The van der Waals surface area contributed by atoms with Gasteiger partial charge in [-0.05, 0) is 56.1 Å². The van der Waals surface area contributed by atoms with Gasteiger partial charge in [-0.1, -0.05) is 23.5 Å². The van der Waals surface area contributed by atoms with Crippen molar-refractivity contribution in [3.63, 3.8) is 0 Å². The van der Waals surface area contributed by atoms with E-state index in [1.165, 1.54) is 11.3 Å². The second kappa shape index (κ2) is 8.23. The Morgan fingerprint density at radius 1 is 1.19 bits per heavy atom. The number of benzene rings is 2. The molecule has 0 unspecified atom stereocenters. The Hall–Kier alpha value is -2.46. The van der Waals surface area contributed by atoms with E-state index < -0.39 is 10.0 Å². The Morgan fingerprint density at radius 3 is 2.77 bits per heavy atom. The molecule has 4 aromatic rings. The lowest BCUT2D eigenvalue weighted by atomic mass is 9.98. The number of furan rings is 1. The van der Waals surface area contributed by atoms with E-state index in [0.717, 1.165) is 59.2 Å². The lowest BCUT2D eigenvalue weighted by molar-refractivity contribution is 0.186. The Balaban J connectivity index is 1.25. The lowest BCUT2D eigenvalue weighted by Crippen LogP contribution is -2.36. The molecule has 0 saturated carbocycles. The number of hydrogen-bond acceptors (Lipinski definition) is 7. The number of sulfonamides is 1. The number of hydrogen-bond donors (Lipinski definition) is 1. The first-order chi connectivity index (χ1) is 14.9. The van der Waals surface area contributed by atoms with Gasteiger partial charge in [-0.3, -0.25) is 4.90 Å². The van der Waals surface area contributed by atoms with Crippen LogP contribution in [-0.4, -0.2) is 37.1 Å². The molecular formula is C22H23N3O4S2. The smallest absolute Gasteiger partial charge is 0.279 e. The van der Waals surface area contributed by atoms with Crippen molar-refractivity contribution in [2.24, 2.45) is 11.1 Å². The highest BCUT2D eigenvalue weighted by molar-refractivity contribution is 7.89. The number of ether oxygens (including phenoxy) is 1. The molecule has 31 heavy (non-hydrogen) atoms. The second-order valence-electron chi connectivity index (χ2n) is 8.02. The van der Waals surface area contributed by atoms with Crippen LogP contribution in [0.25, 0.3) is 21.2 Å². The first-order valence-electron chi connectivity index (χ1n) is 10.2. The van der Waals surface area contributed by atoms with E-state index >= 15 is 0 Å². The van der Waals surface area contributed by atoms with E-state index in [9.17, 15) is 8.42 Å². The molecule has 0 amide bonds. The summed E-state index contributed by atoms with van der Waals surface area (Å²) in [6.45, 7) is 2.48. The SMILES string of the molecule is NS(=O)(=O)CC1CCN(Cc2coc3cc(Oc4nc5ccccc5s4)ccc23)CC1. The summed E-state index contributed by atoms with van der Waals surface area (Å²) in [5.41, 5.74) is 2.82. The van der Waals surface area contributed by atoms with Crippen molar-refractivity contribution in [2.45, 2.75) is 19.4 Å². The molecule has 9 heteroatoms. The van der Waals surface area contributed by atoms with Gasteiger partial charge in [0.2, 0.25) is 10.0 Å². The van der Waals surface area contributed by atoms with E-state index in [0.29, 0.717) is 10.9 Å². The fourth-order valence-corrected chi connectivity index (χ4v) is 5.95. The zero-order chi connectivity index (χ0) is 21.4. The minimum absolute atomic E-state index is 0.0763. The lowest BCUT2D eigenvalue weighted by Gasteiger charge is -2.31. The summed E-state index contributed by atoms with van der Waals surface area (Å²) in [5, 5.41) is 6.85. The van der Waals surface area contributed by atoms with Crippen LogP contribution >= 0.6 is 11.3 Å². The highest BCUT2D eigenvalue weighted by Gasteiger charge is 2.23. The predicted octanol–water partition coefficient (Wildman–Crippen LogP) is 4.34. The molecule has 1 fully saturated rings. The highest BCUT2D eigenvalue weighted by atomic mass is 32.2. The molecule has 0 radical (unpaired) electrons. The Kier molecular flexibility index (Phi) is 5.43. The van der Waals surface area contributed by atoms with Gasteiger partial charge in [-0.2, -0.15) is 0 Å². The normalized spacial score (nSPS) is 16.3. The van der Waals surface area contributed by atoms with Gasteiger partial charge < -0.3 is 9.15 Å². The maximum Gasteiger partial charge on any atom is 0.279 e. The fraction of sp³-hybridized carbons (Fsp3) is 0.318. The summed E-state index contributed by atoms with van der Waals surface area (Å²) >= 11 is 1.51. The number of primary sulfonamides is 1. The predicted molar refractivity (Wildman–Crippen MR) is 122 cm³/mol. The Morgan fingerprint density at radius 2 is 2.00 bits per heavy atom. The molecule has 7 nitrogen and oxygen atoms in total. The highest BCUT2D eigenvalue weighted by Crippen LogP contribution is 2.33. The van der Waals surface area contributed by atoms with Crippen molar-refractivity contribution in [1.29, 1.82) is 0 Å². The van der Waals surface area contributed by atoms with Crippen LogP contribution in [0.3, 0.4) is 0 Å². The topological polar surface area (TPSA) is 98.7 Å². The molecule has 3 heterocycles. The maximum absolute atomic E-state index is 11.3. The van der Waals surface area contributed by atoms with Crippen LogP contribution in [-0.2, 0) is 16.6 Å². The second-order valence-corrected chi connectivity index (χ2v) is 10.7. The molecule has 1 aliphatic heterocycles. The number of nitrogens with two attached hydrogens (primary N) is 1. The van der Waals surface area contributed by atoms with E-state index in [1.54, 1.807) is 6.26 Å². The van der Waals surface area contributed by atoms with Crippen molar-refractivity contribution in [3.05, 3.63) is 54.3 Å². The van der Waals surface area contributed by atoms with E-state index in [-0.39, 0.29) is 11.7 Å². The molecule has 5 rings (SSSR count). The van der Waals surface area contributed by atoms with Crippen molar-refractivity contribution in [3.8, 4) is 10.9 Å². The van der Waals surface area contributed by atoms with E-state index in [1.807, 2.05) is 42.5 Å².